The minimum Gasteiger partial charge on any atom is -0.313 e. The van der Waals surface area contributed by atoms with Crippen LogP contribution in [0.4, 0.5) is 0 Å². The minimum absolute atomic E-state index is 0.633. The molecule has 12 rings (SSSR count). The lowest BCUT2D eigenvalue weighted by Crippen LogP contribution is -2.03. The van der Waals surface area contributed by atoms with Crippen LogP contribution in [0.3, 0.4) is 0 Å². The van der Waals surface area contributed by atoms with Gasteiger partial charge in [0.15, 0.2) is 17.5 Å². The lowest BCUT2D eigenvalue weighted by Gasteiger charge is -2.15. The highest BCUT2D eigenvalue weighted by atomic mass is 15.0. The summed E-state index contributed by atoms with van der Waals surface area (Å²) >= 11 is 0. The molecule has 0 radical (unpaired) electrons. The molecule has 0 atom stereocenters. The van der Waals surface area contributed by atoms with Gasteiger partial charge in [-0.2, -0.15) is 0 Å². The van der Waals surface area contributed by atoms with E-state index in [1.54, 1.807) is 0 Å². The summed E-state index contributed by atoms with van der Waals surface area (Å²) in [5, 5.41) is 3.67. The van der Waals surface area contributed by atoms with E-state index in [1.807, 2.05) is 60.7 Å². The summed E-state index contributed by atoms with van der Waals surface area (Å²) in [5.74, 6) is 1.93. The molecule has 5 heteroatoms. The first-order valence-electron chi connectivity index (χ1n) is 21.2. The number of rotatable bonds is 7. The van der Waals surface area contributed by atoms with E-state index >= 15 is 0 Å². The zero-order chi connectivity index (χ0) is 41.0. The first kappa shape index (κ1) is 35.8. The second-order valence-electron chi connectivity index (χ2n) is 16.0. The summed E-state index contributed by atoms with van der Waals surface area (Å²) in [6, 6.07) is 71.0. The zero-order valence-corrected chi connectivity index (χ0v) is 33.9. The van der Waals surface area contributed by atoms with Gasteiger partial charge in [-0.1, -0.05) is 170 Å². The van der Waals surface area contributed by atoms with Crippen LogP contribution in [0.1, 0.15) is 17.7 Å². The number of nitrogens with zero attached hydrogens (tertiary/aromatic N) is 5. The maximum Gasteiger partial charge on any atom is 0.164 e. The fourth-order valence-electron chi connectivity index (χ4n) is 9.28. The number of benzene rings is 8. The molecule has 11 aromatic rings. The molecular formula is C57H39N5. The molecule has 1 aliphatic carbocycles. The van der Waals surface area contributed by atoms with Crippen molar-refractivity contribution in [2.75, 3.05) is 0 Å². The fraction of sp³-hybridized carbons (Fsp3) is 0.0351. The van der Waals surface area contributed by atoms with E-state index < -0.39 is 0 Å². The quantitative estimate of drug-likeness (QED) is 0.161. The Morgan fingerprint density at radius 1 is 0.339 bits per heavy atom. The molecular weight excluding hydrogens is 755 g/mol. The van der Waals surface area contributed by atoms with Crippen LogP contribution in [0.2, 0.25) is 0 Å². The van der Waals surface area contributed by atoms with Gasteiger partial charge in [0.2, 0.25) is 0 Å². The molecule has 1 aliphatic rings. The molecule has 8 aromatic carbocycles. The number of fused-ring (bicyclic) bond motifs is 6. The molecule has 0 saturated heterocycles. The molecule has 292 valence electrons. The second-order valence-corrected chi connectivity index (χ2v) is 16.0. The van der Waals surface area contributed by atoms with Gasteiger partial charge in [0, 0.05) is 55.5 Å². The van der Waals surface area contributed by atoms with Gasteiger partial charge in [0.05, 0.1) is 16.6 Å². The molecule has 62 heavy (non-hydrogen) atoms. The maximum atomic E-state index is 5.07. The molecule has 3 heterocycles. The van der Waals surface area contributed by atoms with Crippen molar-refractivity contribution < 1.29 is 0 Å². The van der Waals surface area contributed by atoms with E-state index in [2.05, 4.69) is 161 Å². The third-order valence-electron chi connectivity index (χ3n) is 12.2. The number of aromatic nitrogens is 5. The molecule has 0 saturated carbocycles. The Balaban J connectivity index is 1.01. The molecule has 0 unspecified atom stereocenters. The summed E-state index contributed by atoms with van der Waals surface area (Å²) in [6.45, 7) is 0. The van der Waals surface area contributed by atoms with Gasteiger partial charge >= 0.3 is 0 Å². The summed E-state index contributed by atoms with van der Waals surface area (Å²) in [6.07, 6.45) is 6.65. The van der Waals surface area contributed by atoms with Gasteiger partial charge in [-0.15, -0.1) is 0 Å². The fourth-order valence-corrected chi connectivity index (χ4v) is 9.28. The van der Waals surface area contributed by atoms with Gasteiger partial charge < -0.3 is 9.13 Å². The lowest BCUT2D eigenvalue weighted by molar-refractivity contribution is 0.889. The maximum absolute atomic E-state index is 5.07. The zero-order valence-electron chi connectivity index (χ0n) is 33.9. The molecule has 0 aliphatic heterocycles. The van der Waals surface area contributed by atoms with E-state index in [9.17, 15) is 0 Å². The lowest BCUT2D eigenvalue weighted by atomic mass is 10.00. The Labute approximate surface area is 359 Å². The average molecular weight is 794 g/mol. The predicted molar refractivity (Wildman–Crippen MR) is 256 cm³/mol. The predicted octanol–water partition coefficient (Wildman–Crippen LogP) is 14.2. The van der Waals surface area contributed by atoms with Crippen molar-refractivity contribution in [2.24, 2.45) is 0 Å². The minimum atomic E-state index is 0.633. The van der Waals surface area contributed by atoms with Gasteiger partial charge in [0.25, 0.3) is 0 Å². The highest BCUT2D eigenvalue weighted by Crippen LogP contribution is 2.41. The summed E-state index contributed by atoms with van der Waals surface area (Å²) < 4.78 is 4.92. The van der Waals surface area contributed by atoms with Gasteiger partial charge in [-0.25, -0.2) is 15.0 Å². The summed E-state index contributed by atoms with van der Waals surface area (Å²) in [7, 11) is 0. The summed E-state index contributed by atoms with van der Waals surface area (Å²) in [4.78, 5) is 15.1. The van der Waals surface area contributed by atoms with Crippen molar-refractivity contribution in [1.29, 1.82) is 0 Å². The van der Waals surface area contributed by atoms with Crippen molar-refractivity contribution in [1.82, 2.24) is 24.1 Å². The Hall–Kier alpha value is -8.15. The number of hydrogen-bond acceptors (Lipinski definition) is 3. The Bertz CT molecular complexity index is 3430. The molecule has 0 fully saturated rings. The number of allylic oxidation sites excluding steroid dienone is 1. The van der Waals surface area contributed by atoms with Crippen molar-refractivity contribution in [2.45, 2.75) is 12.8 Å². The van der Waals surface area contributed by atoms with Crippen molar-refractivity contribution in [3.63, 3.8) is 0 Å². The standard InChI is InChI=1S/C57H39N5/c1-4-16-38(17-5-1)39-30-32-40(33-31-39)43-22-14-24-45(34-43)61-51-28-12-10-26-47(51)49-37-54-50(36-53(49)61)48-27-11-13-29-52(48)62(54)46-25-15-23-44(35-46)57-59-55(41-18-6-2-7-19-41)58-56(60-57)42-20-8-3-9-21-42/h1-11,13-27,29-37H,12,28H2. The van der Waals surface area contributed by atoms with Crippen LogP contribution < -0.4 is 0 Å². The Morgan fingerprint density at radius 2 is 0.823 bits per heavy atom. The van der Waals surface area contributed by atoms with Crippen molar-refractivity contribution in [3.8, 4) is 67.8 Å². The highest BCUT2D eigenvalue weighted by molar-refractivity contribution is 6.14. The van der Waals surface area contributed by atoms with E-state index in [4.69, 9.17) is 15.0 Å². The van der Waals surface area contributed by atoms with E-state index in [-0.39, 0.29) is 0 Å². The van der Waals surface area contributed by atoms with Gasteiger partial charge in [0.1, 0.15) is 0 Å². The van der Waals surface area contributed by atoms with Crippen LogP contribution in [0.25, 0.3) is 107 Å². The van der Waals surface area contributed by atoms with Crippen molar-refractivity contribution in [3.05, 3.63) is 218 Å². The normalized spacial score (nSPS) is 12.3. The third-order valence-corrected chi connectivity index (χ3v) is 12.2. The Kier molecular flexibility index (Phi) is 8.56. The SMILES string of the molecule is C1=Cc2c(n(-c3cccc(-c4ccc(-c5ccccc5)cc4)c3)c3cc4c5ccccc5n(-c5cccc(-c6nc(-c7ccccc7)nc(-c7ccccc7)n6)c5)c4cc23)CC1. The van der Waals surface area contributed by atoms with Crippen LogP contribution in [0, 0.1) is 0 Å². The largest absolute Gasteiger partial charge is 0.313 e. The van der Waals surface area contributed by atoms with Crippen LogP contribution in [0.15, 0.2) is 206 Å². The topological polar surface area (TPSA) is 48.5 Å². The molecule has 0 bridgehead atoms. The number of para-hydroxylation sites is 1. The van der Waals surface area contributed by atoms with Crippen LogP contribution in [-0.2, 0) is 6.42 Å². The van der Waals surface area contributed by atoms with E-state index in [0.717, 1.165) is 46.3 Å². The smallest absolute Gasteiger partial charge is 0.164 e. The van der Waals surface area contributed by atoms with Crippen LogP contribution in [-0.4, -0.2) is 24.1 Å². The second kappa shape index (κ2) is 14.8. The summed E-state index contributed by atoms with van der Waals surface area (Å²) in [5.41, 5.74) is 16.1. The van der Waals surface area contributed by atoms with E-state index in [0.29, 0.717) is 17.5 Å². The van der Waals surface area contributed by atoms with E-state index in [1.165, 1.54) is 60.9 Å². The average Bonchev–Trinajstić information content (AvgIpc) is 3.86. The number of hydrogen-bond donors (Lipinski definition) is 0. The molecule has 0 spiro atoms. The molecule has 0 amide bonds. The highest BCUT2D eigenvalue weighted by Gasteiger charge is 2.23. The monoisotopic (exact) mass is 793 g/mol. The molecule has 0 N–H and O–H groups in total. The Morgan fingerprint density at radius 3 is 1.50 bits per heavy atom. The van der Waals surface area contributed by atoms with Gasteiger partial charge in [-0.05, 0) is 77.6 Å². The van der Waals surface area contributed by atoms with Gasteiger partial charge in [-0.3, -0.25) is 0 Å². The first-order valence-corrected chi connectivity index (χ1v) is 21.2. The van der Waals surface area contributed by atoms with Crippen molar-refractivity contribution >= 4 is 38.8 Å². The first-order chi connectivity index (χ1) is 30.7. The van der Waals surface area contributed by atoms with Crippen LogP contribution >= 0.6 is 0 Å². The third kappa shape index (κ3) is 6.13. The van der Waals surface area contributed by atoms with Crippen LogP contribution in [0.5, 0.6) is 0 Å². The molecule has 3 aromatic heterocycles. The molecule has 5 nitrogen and oxygen atoms in total.